The number of aliphatic hydroxyl groups excluding tert-OH is 1. The molecule has 25 heavy (non-hydrogen) atoms. The van der Waals surface area contributed by atoms with Gasteiger partial charge in [-0.3, -0.25) is 9.45 Å². The van der Waals surface area contributed by atoms with Gasteiger partial charge in [-0.25, -0.2) is 0 Å². The Labute approximate surface area is 154 Å². The van der Waals surface area contributed by atoms with E-state index in [2.05, 4.69) is 6.92 Å². The molecule has 0 amide bonds. The van der Waals surface area contributed by atoms with E-state index in [0.717, 1.165) is 12.8 Å². The van der Waals surface area contributed by atoms with Gasteiger partial charge in [-0.1, -0.05) is 64.7 Å². The van der Waals surface area contributed by atoms with E-state index in [1.807, 2.05) is 0 Å². The lowest BCUT2D eigenvalue weighted by atomic mass is 10.1. The van der Waals surface area contributed by atoms with E-state index in [1.54, 1.807) is 6.92 Å². The van der Waals surface area contributed by atoms with E-state index in [1.165, 1.54) is 70.2 Å². The second-order valence-electron chi connectivity index (χ2n) is 6.96. The highest BCUT2D eigenvalue weighted by atomic mass is 32.2. The van der Waals surface area contributed by atoms with Crippen LogP contribution in [0.15, 0.2) is 0 Å². The summed E-state index contributed by atoms with van der Waals surface area (Å²) in [4.78, 5) is 1.34. The molecule has 3 unspecified atom stereocenters. The highest BCUT2D eigenvalue weighted by Crippen LogP contribution is 2.14. The minimum Gasteiger partial charge on any atom is -0.389 e. The molecule has 0 rings (SSSR count). The van der Waals surface area contributed by atoms with E-state index in [4.69, 9.17) is 9.29 Å². The monoisotopic (exact) mass is 381 g/mol. The maximum Gasteiger partial charge on any atom is 0.281 e. The maximum absolute atomic E-state index is 11.2. The zero-order valence-electron chi connectivity index (χ0n) is 16.5. The van der Waals surface area contributed by atoms with Crippen LogP contribution in [0.5, 0.6) is 0 Å². The van der Waals surface area contributed by atoms with Crippen LogP contribution in [-0.2, 0) is 14.9 Å². The van der Waals surface area contributed by atoms with Crippen molar-refractivity contribution in [3.8, 4) is 0 Å². The van der Waals surface area contributed by atoms with Crippen LogP contribution in [-0.4, -0.2) is 54.3 Å². The third-order valence-electron chi connectivity index (χ3n) is 4.61. The predicted octanol–water partition coefficient (Wildman–Crippen LogP) is 3.80. The Morgan fingerprint density at radius 2 is 1.36 bits per heavy atom. The number of ether oxygens (including phenoxy) is 1. The van der Waals surface area contributed by atoms with Gasteiger partial charge in [0.2, 0.25) is 0 Å². The summed E-state index contributed by atoms with van der Waals surface area (Å²) in [5.74, 6) is 0. The fourth-order valence-corrected chi connectivity index (χ4v) is 3.35. The summed E-state index contributed by atoms with van der Waals surface area (Å²) >= 11 is 0. The normalized spacial score (nSPS) is 16.1. The third-order valence-corrected chi connectivity index (χ3v) is 5.80. The van der Waals surface area contributed by atoms with Gasteiger partial charge in [-0.05, 0) is 27.3 Å². The van der Waals surface area contributed by atoms with Crippen molar-refractivity contribution in [1.29, 1.82) is 0 Å². The Morgan fingerprint density at radius 3 is 1.76 bits per heavy atom. The number of hydrogen-bond donors (Lipinski definition) is 2. The molecule has 6 nitrogen and oxygen atoms in total. The fraction of sp³-hybridized carbons (Fsp3) is 1.00. The molecule has 0 fully saturated rings. The molecular formula is C18H39NO5S. The van der Waals surface area contributed by atoms with E-state index >= 15 is 0 Å². The molecule has 0 heterocycles. The van der Waals surface area contributed by atoms with E-state index in [9.17, 15) is 13.5 Å². The van der Waals surface area contributed by atoms with Crippen molar-refractivity contribution >= 4 is 10.1 Å². The second kappa shape index (κ2) is 13.9. The molecule has 3 atom stereocenters. The molecule has 0 aliphatic heterocycles. The zero-order valence-corrected chi connectivity index (χ0v) is 17.3. The first kappa shape index (κ1) is 24.8. The Balaban J connectivity index is 3.88. The van der Waals surface area contributed by atoms with Crippen molar-refractivity contribution in [2.24, 2.45) is 0 Å². The van der Waals surface area contributed by atoms with Gasteiger partial charge < -0.3 is 9.84 Å². The summed E-state index contributed by atoms with van der Waals surface area (Å²) in [6, 6.07) is 0. The smallest absolute Gasteiger partial charge is 0.281 e. The summed E-state index contributed by atoms with van der Waals surface area (Å²) in [5.41, 5.74) is 0. The molecule has 0 saturated carbocycles. The van der Waals surface area contributed by atoms with Crippen LogP contribution >= 0.6 is 0 Å². The lowest BCUT2D eigenvalue weighted by Gasteiger charge is -2.33. The van der Waals surface area contributed by atoms with Crippen LogP contribution in [0.1, 0.15) is 85.0 Å². The van der Waals surface area contributed by atoms with E-state index in [-0.39, 0.29) is 0 Å². The SMILES string of the molecule is CCCCCCCCCCCCOC(C(C)O)N(C)C(C)S(=O)(=O)O. The van der Waals surface area contributed by atoms with Gasteiger partial charge in [0.1, 0.15) is 11.6 Å². The minimum absolute atomic E-state index is 0.467. The maximum atomic E-state index is 11.2. The highest BCUT2D eigenvalue weighted by Gasteiger charge is 2.31. The second-order valence-corrected chi connectivity index (χ2v) is 8.68. The number of rotatable bonds is 16. The highest BCUT2D eigenvalue weighted by molar-refractivity contribution is 7.86. The van der Waals surface area contributed by atoms with Gasteiger partial charge in [-0.2, -0.15) is 8.42 Å². The summed E-state index contributed by atoms with van der Waals surface area (Å²) < 4.78 is 37.3. The third kappa shape index (κ3) is 11.9. The molecule has 0 aromatic rings. The average molecular weight is 382 g/mol. The molecule has 2 N–H and O–H groups in total. The van der Waals surface area contributed by atoms with Crippen molar-refractivity contribution in [2.75, 3.05) is 13.7 Å². The lowest BCUT2D eigenvalue weighted by Crippen LogP contribution is -2.49. The summed E-state index contributed by atoms with van der Waals surface area (Å²) in [6.45, 7) is 5.62. The summed E-state index contributed by atoms with van der Waals surface area (Å²) in [5, 5.41) is 8.69. The Hall–Kier alpha value is -0.210. The standard InChI is InChI=1S/C18H39NO5S/c1-5-6-7-8-9-10-11-12-13-14-15-24-18(16(2)20)19(4)17(3)25(21,22)23/h16-18,20H,5-15H2,1-4H3,(H,21,22,23). The predicted molar refractivity (Wildman–Crippen MR) is 102 cm³/mol. The van der Waals surface area contributed by atoms with E-state index in [0.29, 0.717) is 6.61 Å². The number of hydrogen-bond acceptors (Lipinski definition) is 5. The molecule has 152 valence electrons. The molecule has 0 bridgehead atoms. The first-order valence-corrected chi connectivity index (χ1v) is 11.2. The molecule has 0 aromatic heterocycles. The van der Waals surface area contributed by atoms with Crippen molar-refractivity contribution in [2.45, 2.75) is 103 Å². The molecule has 0 radical (unpaired) electrons. The van der Waals surface area contributed by atoms with Crippen LogP contribution in [0.3, 0.4) is 0 Å². The van der Waals surface area contributed by atoms with Gasteiger partial charge in [0.05, 0.1) is 6.10 Å². The average Bonchev–Trinajstić information content (AvgIpc) is 2.53. The van der Waals surface area contributed by atoms with Crippen LogP contribution in [0.25, 0.3) is 0 Å². The van der Waals surface area contributed by atoms with Crippen LogP contribution in [0.2, 0.25) is 0 Å². The van der Waals surface area contributed by atoms with Gasteiger partial charge in [-0.15, -0.1) is 0 Å². The Morgan fingerprint density at radius 1 is 0.920 bits per heavy atom. The summed E-state index contributed by atoms with van der Waals surface area (Å²) in [7, 11) is -2.68. The van der Waals surface area contributed by atoms with Crippen LogP contribution < -0.4 is 0 Å². The van der Waals surface area contributed by atoms with Crippen molar-refractivity contribution in [3.63, 3.8) is 0 Å². The quantitative estimate of drug-likeness (QED) is 0.240. The van der Waals surface area contributed by atoms with Crippen molar-refractivity contribution < 1.29 is 22.8 Å². The molecule has 7 heteroatoms. The number of aliphatic hydroxyl groups is 1. The summed E-state index contributed by atoms with van der Waals surface area (Å²) in [6.07, 6.45) is 10.7. The van der Waals surface area contributed by atoms with Gasteiger partial charge in [0.15, 0.2) is 0 Å². The van der Waals surface area contributed by atoms with Gasteiger partial charge >= 0.3 is 0 Å². The minimum atomic E-state index is -4.20. The molecular weight excluding hydrogens is 342 g/mol. The van der Waals surface area contributed by atoms with Gasteiger partial charge in [0.25, 0.3) is 10.1 Å². The number of nitrogens with zero attached hydrogens (tertiary/aromatic N) is 1. The number of likely N-dealkylation sites (N-methyl/N-ethyl adjacent to an activating group) is 1. The molecule has 0 aliphatic rings. The van der Waals surface area contributed by atoms with Crippen LogP contribution in [0.4, 0.5) is 0 Å². The number of unbranched alkanes of at least 4 members (excludes halogenated alkanes) is 9. The molecule has 0 aromatic carbocycles. The van der Waals surface area contributed by atoms with Gasteiger partial charge in [0, 0.05) is 6.61 Å². The van der Waals surface area contributed by atoms with Crippen LogP contribution in [0, 0.1) is 0 Å². The first-order valence-electron chi connectivity index (χ1n) is 9.69. The largest absolute Gasteiger partial charge is 0.389 e. The fourth-order valence-electron chi connectivity index (χ4n) is 2.81. The lowest BCUT2D eigenvalue weighted by molar-refractivity contribution is -0.114. The van der Waals surface area contributed by atoms with Crippen molar-refractivity contribution in [1.82, 2.24) is 4.90 Å². The van der Waals surface area contributed by atoms with E-state index < -0.39 is 27.8 Å². The Kier molecular flexibility index (Phi) is 13.8. The zero-order chi connectivity index (χ0) is 19.3. The molecule has 0 saturated heterocycles. The first-order chi connectivity index (χ1) is 11.7. The topological polar surface area (TPSA) is 87.1 Å². The molecule has 0 aliphatic carbocycles. The Bertz CT molecular complexity index is 414. The van der Waals surface area contributed by atoms with Crippen molar-refractivity contribution in [3.05, 3.63) is 0 Å². The molecule has 0 spiro atoms.